The molecular weight excluding hydrogens is 556 g/mol. The molecule has 8 heteroatoms. The first-order valence-electron chi connectivity index (χ1n) is 16.5. The van der Waals surface area contributed by atoms with Crippen molar-refractivity contribution >= 4 is 11.6 Å². The molecule has 0 bridgehead atoms. The zero-order chi connectivity index (χ0) is 30.9. The highest BCUT2D eigenvalue weighted by Gasteiger charge is 2.38. The summed E-state index contributed by atoms with van der Waals surface area (Å²) in [6, 6.07) is 15.1. The Morgan fingerprint density at radius 1 is 1.02 bits per heavy atom. The molecule has 3 atom stereocenters. The van der Waals surface area contributed by atoms with E-state index in [0.29, 0.717) is 19.1 Å². The van der Waals surface area contributed by atoms with Crippen LogP contribution in [0.3, 0.4) is 0 Å². The standard InChI is InChI=1S/C36H52N2O6/c1-36(2,35(39)37-29-14-19-42-20-15-29)24-26-6-12-33(31(22-26)28-8-10-30(41-4)11-9-28)44-25-27-7-13-34-32(23-27)38(17-21-43-34)16-5-18-40-3/h7-11,13,23,26,29,31,33H,5-6,12,14-22,24-25H2,1-4H3,(H,37,39)/t26-,31+,33-/m0/s1. The fraction of sp³-hybridized carbons (Fsp3) is 0.639. The maximum absolute atomic E-state index is 13.3. The van der Waals surface area contributed by atoms with E-state index in [1.165, 1.54) is 5.56 Å². The monoisotopic (exact) mass is 608 g/mol. The topological polar surface area (TPSA) is 78.5 Å². The molecule has 2 aliphatic heterocycles. The number of carbonyl (C=O) groups excluding carboxylic acids is 1. The molecule has 1 aliphatic carbocycles. The molecule has 242 valence electrons. The fourth-order valence-corrected chi connectivity index (χ4v) is 7.10. The highest BCUT2D eigenvalue weighted by Crippen LogP contribution is 2.43. The average Bonchev–Trinajstić information content (AvgIpc) is 3.04. The van der Waals surface area contributed by atoms with Gasteiger partial charge >= 0.3 is 0 Å². The van der Waals surface area contributed by atoms with Crippen LogP contribution >= 0.6 is 0 Å². The Morgan fingerprint density at radius 2 is 1.82 bits per heavy atom. The van der Waals surface area contributed by atoms with E-state index >= 15 is 0 Å². The summed E-state index contributed by atoms with van der Waals surface area (Å²) in [6.45, 7) is 9.50. The van der Waals surface area contributed by atoms with Crippen LogP contribution in [-0.2, 0) is 25.6 Å². The molecule has 2 aromatic rings. The highest BCUT2D eigenvalue weighted by atomic mass is 16.5. The number of nitrogens with zero attached hydrogens (tertiary/aromatic N) is 1. The molecular formula is C36H52N2O6. The zero-order valence-corrected chi connectivity index (χ0v) is 27.1. The molecule has 2 aromatic carbocycles. The normalized spacial score (nSPS) is 22.6. The van der Waals surface area contributed by atoms with Gasteiger partial charge in [-0.25, -0.2) is 0 Å². The largest absolute Gasteiger partial charge is 0.497 e. The van der Waals surface area contributed by atoms with Gasteiger partial charge in [0.25, 0.3) is 0 Å². The summed E-state index contributed by atoms with van der Waals surface area (Å²) in [6.07, 6.45) is 6.76. The van der Waals surface area contributed by atoms with E-state index in [1.807, 2.05) is 12.1 Å². The number of anilines is 1. The number of benzene rings is 2. The van der Waals surface area contributed by atoms with Crippen molar-refractivity contribution in [2.24, 2.45) is 11.3 Å². The van der Waals surface area contributed by atoms with Crippen molar-refractivity contribution in [3.05, 3.63) is 53.6 Å². The first-order valence-corrected chi connectivity index (χ1v) is 16.5. The second-order valence-corrected chi connectivity index (χ2v) is 13.3. The van der Waals surface area contributed by atoms with E-state index in [2.05, 4.69) is 54.4 Å². The van der Waals surface area contributed by atoms with Crippen molar-refractivity contribution in [1.29, 1.82) is 0 Å². The Balaban J connectivity index is 1.25. The Labute approximate surface area is 263 Å². The lowest BCUT2D eigenvalue weighted by atomic mass is 9.70. The number of carbonyl (C=O) groups is 1. The highest BCUT2D eigenvalue weighted by molar-refractivity contribution is 5.82. The van der Waals surface area contributed by atoms with Crippen molar-refractivity contribution in [1.82, 2.24) is 5.32 Å². The number of ether oxygens (including phenoxy) is 5. The smallest absolute Gasteiger partial charge is 0.225 e. The molecule has 0 spiro atoms. The van der Waals surface area contributed by atoms with Crippen LogP contribution in [0, 0.1) is 11.3 Å². The third-order valence-electron chi connectivity index (χ3n) is 9.63. The van der Waals surface area contributed by atoms with E-state index < -0.39 is 5.41 Å². The van der Waals surface area contributed by atoms with E-state index in [1.54, 1.807) is 14.2 Å². The van der Waals surface area contributed by atoms with Gasteiger partial charge < -0.3 is 33.9 Å². The van der Waals surface area contributed by atoms with Crippen LogP contribution in [-0.4, -0.2) is 71.8 Å². The molecule has 5 rings (SSSR count). The third kappa shape index (κ3) is 8.46. The van der Waals surface area contributed by atoms with Gasteiger partial charge in [-0.1, -0.05) is 32.0 Å². The van der Waals surface area contributed by atoms with E-state index in [-0.39, 0.29) is 24.0 Å². The summed E-state index contributed by atoms with van der Waals surface area (Å²) in [5.74, 6) is 2.66. The van der Waals surface area contributed by atoms with Crippen LogP contribution in [0.1, 0.15) is 75.8 Å². The number of fused-ring (bicyclic) bond motifs is 1. The van der Waals surface area contributed by atoms with Gasteiger partial charge in [0.05, 0.1) is 32.1 Å². The molecule has 1 saturated carbocycles. The molecule has 1 N–H and O–H groups in total. The molecule has 0 unspecified atom stereocenters. The maximum atomic E-state index is 13.3. The minimum absolute atomic E-state index is 0.101. The average molecular weight is 609 g/mol. The molecule has 0 aromatic heterocycles. The molecule has 2 heterocycles. The van der Waals surface area contributed by atoms with Crippen LogP contribution in [0.4, 0.5) is 5.69 Å². The summed E-state index contributed by atoms with van der Waals surface area (Å²) in [5.41, 5.74) is 3.15. The van der Waals surface area contributed by atoms with Crippen molar-refractivity contribution in [3.63, 3.8) is 0 Å². The van der Waals surface area contributed by atoms with Gasteiger partial charge in [0.1, 0.15) is 18.1 Å². The summed E-state index contributed by atoms with van der Waals surface area (Å²) < 4.78 is 28.9. The first-order chi connectivity index (χ1) is 21.4. The molecule has 0 radical (unpaired) electrons. The van der Waals surface area contributed by atoms with Crippen LogP contribution in [0.2, 0.25) is 0 Å². The van der Waals surface area contributed by atoms with Crippen molar-refractivity contribution in [2.75, 3.05) is 58.6 Å². The lowest BCUT2D eigenvalue weighted by molar-refractivity contribution is -0.132. The second-order valence-electron chi connectivity index (χ2n) is 13.3. The Morgan fingerprint density at radius 3 is 2.57 bits per heavy atom. The molecule has 44 heavy (non-hydrogen) atoms. The predicted molar refractivity (Wildman–Crippen MR) is 173 cm³/mol. The number of amides is 1. The van der Waals surface area contributed by atoms with Gasteiger partial charge in [-0.15, -0.1) is 0 Å². The molecule has 1 amide bonds. The van der Waals surface area contributed by atoms with Gasteiger partial charge in [0.2, 0.25) is 5.91 Å². The maximum Gasteiger partial charge on any atom is 0.225 e. The quantitative estimate of drug-likeness (QED) is 0.275. The van der Waals surface area contributed by atoms with E-state index in [9.17, 15) is 4.79 Å². The fourth-order valence-electron chi connectivity index (χ4n) is 7.10. The third-order valence-corrected chi connectivity index (χ3v) is 9.63. The number of nitrogens with one attached hydrogen (secondary N) is 1. The van der Waals surface area contributed by atoms with Gasteiger partial charge in [0.15, 0.2) is 0 Å². The number of hydrogen-bond donors (Lipinski definition) is 1. The lowest BCUT2D eigenvalue weighted by Crippen LogP contribution is -2.46. The van der Waals surface area contributed by atoms with Crippen molar-refractivity contribution < 1.29 is 28.5 Å². The second kappa shape index (κ2) is 15.5. The minimum atomic E-state index is -0.429. The van der Waals surface area contributed by atoms with Gasteiger partial charge in [-0.05, 0) is 86.3 Å². The molecule has 8 nitrogen and oxygen atoms in total. The molecule has 3 aliphatic rings. The minimum Gasteiger partial charge on any atom is -0.497 e. The zero-order valence-electron chi connectivity index (χ0n) is 27.1. The molecule has 1 saturated heterocycles. The van der Waals surface area contributed by atoms with Crippen LogP contribution in [0.25, 0.3) is 0 Å². The van der Waals surface area contributed by atoms with Gasteiger partial charge in [0, 0.05) is 50.8 Å². The van der Waals surface area contributed by atoms with Crippen LogP contribution < -0.4 is 19.7 Å². The Hall–Kier alpha value is -2.81. The number of rotatable bonds is 13. The Bertz CT molecular complexity index is 1200. The van der Waals surface area contributed by atoms with Crippen LogP contribution in [0.5, 0.6) is 11.5 Å². The first kappa shape index (κ1) is 32.6. The Kier molecular flexibility index (Phi) is 11.4. The van der Waals surface area contributed by atoms with Crippen LogP contribution in [0.15, 0.2) is 42.5 Å². The number of hydrogen-bond acceptors (Lipinski definition) is 7. The SMILES string of the molecule is COCCCN1CCOc2ccc(CO[C@H]3CC[C@H](CC(C)(C)C(=O)NC4CCOCC4)C[C@@H]3c3ccc(OC)cc3)cc21. The molecule has 2 fully saturated rings. The summed E-state index contributed by atoms with van der Waals surface area (Å²) in [5, 5.41) is 3.31. The summed E-state index contributed by atoms with van der Waals surface area (Å²) in [7, 11) is 3.45. The van der Waals surface area contributed by atoms with Gasteiger partial charge in [-0.2, -0.15) is 0 Å². The van der Waals surface area contributed by atoms with Crippen molar-refractivity contribution in [2.45, 2.75) is 83.5 Å². The van der Waals surface area contributed by atoms with E-state index in [4.69, 9.17) is 23.7 Å². The number of methoxy groups -OCH3 is 2. The summed E-state index contributed by atoms with van der Waals surface area (Å²) >= 11 is 0. The lowest BCUT2D eigenvalue weighted by Gasteiger charge is -2.39. The predicted octanol–water partition coefficient (Wildman–Crippen LogP) is 6.11. The van der Waals surface area contributed by atoms with E-state index in [0.717, 1.165) is 101 Å². The van der Waals surface area contributed by atoms with Gasteiger partial charge in [-0.3, -0.25) is 4.79 Å². The summed E-state index contributed by atoms with van der Waals surface area (Å²) in [4.78, 5) is 15.7. The van der Waals surface area contributed by atoms with Crippen molar-refractivity contribution in [3.8, 4) is 11.5 Å².